The molecule has 0 spiro atoms. The van der Waals surface area contributed by atoms with Crippen LogP contribution in [-0.4, -0.2) is 13.6 Å². The lowest BCUT2D eigenvalue weighted by Crippen LogP contribution is -2.14. The fraction of sp³-hybridized carbons (Fsp3) is 0.211. The maximum atomic E-state index is 12.8. The predicted octanol–water partition coefficient (Wildman–Crippen LogP) is 4.02. The average Bonchev–Trinajstić information content (AvgIpc) is 3.09. The summed E-state index contributed by atoms with van der Waals surface area (Å²) in [7, 11) is -3.73. The zero-order chi connectivity index (χ0) is 17.3. The van der Waals surface area contributed by atoms with E-state index in [2.05, 4.69) is 9.88 Å². The Kier molecular flexibility index (Phi) is 4.05. The van der Waals surface area contributed by atoms with Crippen molar-refractivity contribution in [1.29, 1.82) is 0 Å². The van der Waals surface area contributed by atoms with E-state index in [4.69, 9.17) is 4.52 Å². The summed E-state index contributed by atoms with van der Waals surface area (Å²) in [6, 6.07) is 14.8. The van der Waals surface area contributed by atoms with Crippen molar-refractivity contribution in [3.05, 3.63) is 65.9 Å². The molecule has 0 aliphatic heterocycles. The number of nitrogens with zero attached hydrogens (tertiary/aromatic N) is 1. The van der Waals surface area contributed by atoms with Crippen molar-refractivity contribution in [3.63, 3.8) is 0 Å². The van der Waals surface area contributed by atoms with Crippen molar-refractivity contribution in [1.82, 2.24) is 5.16 Å². The highest BCUT2D eigenvalue weighted by molar-refractivity contribution is 7.92. The van der Waals surface area contributed by atoms with E-state index in [0.717, 1.165) is 36.8 Å². The first kappa shape index (κ1) is 15.9. The third kappa shape index (κ3) is 3.17. The number of benzene rings is 2. The van der Waals surface area contributed by atoms with Gasteiger partial charge in [0.05, 0.1) is 16.7 Å². The standard InChI is InChI=1S/C19H18N2O3S/c22-25(23,17-11-10-14-6-4-5-9-16(14)12-17)21-19-18(13-20-24-19)15-7-2-1-3-8-15/h1-3,7-8,10-13,21H,4-6,9H2. The molecule has 1 aliphatic carbocycles. The molecule has 0 saturated carbocycles. The molecule has 0 amide bonds. The molecule has 2 aromatic carbocycles. The number of anilines is 1. The Morgan fingerprint density at radius 3 is 2.52 bits per heavy atom. The van der Waals surface area contributed by atoms with Gasteiger partial charge in [-0.25, -0.2) is 13.1 Å². The first-order valence-electron chi connectivity index (χ1n) is 8.28. The smallest absolute Gasteiger partial charge is 0.264 e. The van der Waals surface area contributed by atoms with Crippen molar-refractivity contribution >= 4 is 15.9 Å². The zero-order valence-corrected chi connectivity index (χ0v) is 14.4. The largest absolute Gasteiger partial charge is 0.337 e. The molecule has 0 bridgehead atoms. The predicted molar refractivity (Wildman–Crippen MR) is 95.8 cm³/mol. The molecule has 0 unspecified atom stereocenters. The SMILES string of the molecule is O=S(=O)(Nc1oncc1-c1ccccc1)c1ccc2c(c1)CCCC2. The van der Waals surface area contributed by atoms with E-state index in [-0.39, 0.29) is 10.8 Å². The number of aromatic nitrogens is 1. The van der Waals surface area contributed by atoms with Crippen LogP contribution in [0.1, 0.15) is 24.0 Å². The van der Waals surface area contributed by atoms with Crippen LogP contribution < -0.4 is 4.72 Å². The molecule has 0 atom stereocenters. The highest BCUT2D eigenvalue weighted by Gasteiger charge is 2.21. The maximum absolute atomic E-state index is 12.8. The molecular formula is C19H18N2O3S. The molecule has 25 heavy (non-hydrogen) atoms. The second-order valence-electron chi connectivity index (χ2n) is 6.18. The molecule has 0 fully saturated rings. The van der Waals surface area contributed by atoms with Crippen LogP contribution in [0.4, 0.5) is 5.88 Å². The fourth-order valence-corrected chi connectivity index (χ4v) is 4.25. The molecule has 1 aliphatic rings. The van der Waals surface area contributed by atoms with Gasteiger partial charge in [-0.05, 0) is 54.5 Å². The van der Waals surface area contributed by atoms with Crippen LogP contribution in [0.25, 0.3) is 11.1 Å². The Balaban J connectivity index is 1.66. The molecule has 1 heterocycles. The number of rotatable bonds is 4. The van der Waals surface area contributed by atoms with Gasteiger partial charge in [-0.15, -0.1) is 0 Å². The van der Waals surface area contributed by atoms with Crippen LogP contribution in [-0.2, 0) is 22.9 Å². The van der Waals surface area contributed by atoms with Gasteiger partial charge in [0.1, 0.15) is 0 Å². The van der Waals surface area contributed by atoms with E-state index < -0.39 is 10.0 Å². The Labute approximate surface area is 146 Å². The van der Waals surface area contributed by atoms with Crippen LogP contribution in [0.3, 0.4) is 0 Å². The lowest BCUT2D eigenvalue weighted by atomic mass is 9.92. The Morgan fingerprint density at radius 1 is 0.960 bits per heavy atom. The van der Waals surface area contributed by atoms with E-state index in [0.29, 0.717) is 5.56 Å². The number of fused-ring (bicyclic) bond motifs is 1. The number of hydrogen-bond donors (Lipinski definition) is 1. The monoisotopic (exact) mass is 354 g/mol. The summed E-state index contributed by atoms with van der Waals surface area (Å²) in [5.41, 5.74) is 3.82. The fourth-order valence-electron chi connectivity index (χ4n) is 3.19. The minimum Gasteiger partial charge on any atom is -0.337 e. The molecule has 1 aromatic heterocycles. The van der Waals surface area contributed by atoms with E-state index in [1.165, 1.54) is 11.8 Å². The van der Waals surface area contributed by atoms with Crippen LogP contribution in [0.2, 0.25) is 0 Å². The number of aryl methyl sites for hydroxylation is 2. The maximum Gasteiger partial charge on any atom is 0.264 e. The van der Waals surface area contributed by atoms with Gasteiger partial charge in [-0.3, -0.25) is 0 Å². The minimum absolute atomic E-state index is 0.129. The van der Waals surface area contributed by atoms with Gasteiger partial charge in [0, 0.05) is 0 Å². The van der Waals surface area contributed by atoms with E-state index in [1.54, 1.807) is 12.1 Å². The summed E-state index contributed by atoms with van der Waals surface area (Å²) >= 11 is 0. The molecule has 5 nitrogen and oxygen atoms in total. The van der Waals surface area contributed by atoms with E-state index in [1.807, 2.05) is 36.4 Å². The Morgan fingerprint density at radius 2 is 1.72 bits per heavy atom. The molecule has 0 radical (unpaired) electrons. The van der Waals surface area contributed by atoms with Gasteiger partial charge in [0.15, 0.2) is 0 Å². The first-order chi connectivity index (χ1) is 12.1. The summed E-state index contributed by atoms with van der Waals surface area (Å²) < 4.78 is 33.2. The van der Waals surface area contributed by atoms with Crippen LogP contribution in [0.5, 0.6) is 0 Å². The van der Waals surface area contributed by atoms with Gasteiger partial charge in [0.25, 0.3) is 10.0 Å². The molecule has 0 saturated heterocycles. The zero-order valence-electron chi connectivity index (χ0n) is 13.6. The lowest BCUT2D eigenvalue weighted by molar-refractivity contribution is 0.435. The van der Waals surface area contributed by atoms with Crippen LogP contribution in [0.15, 0.2) is 64.1 Å². The Hall–Kier alpha value is -2.60. The van der Waals surface area contributed by atoms with E-state index in [9.17, 15) is 8.42 Å². The van der Waals surface area contributed by atoms with Crippen LogP contribution in [0, 0.1) is 0 Å². The molecule has 6 heteroatoms. The minimum atomic E-state index is -3.73. The molecule has 4 rings (SSSR count). The summed E-state index contributed by atoms with van der Waals surface area (Å²) in [5.74, 6) is 0.129. The van der Waals surface area contributed by atoms with Crippen molar-refractivity contribution in [2.45, 2.75) is 30.6 Å². The molecule has 1 N–H and O–H groups in total. The molecular weight excluding hydrogens is 336 g/mol. The Bertz CT molecular complexity index is 995. The summed E-state index contributed by atoms with van der Waals surface area (Å²) in [6.07, 6.45) is 5.72. The average molecular weight is 354 g/mol. The highest BCUT2D eigenvalue weighted by Crippen LogP contribution is 2.30. The van der Waals surface area contributed by atoms with Crippen molar-refractivity contribution in [3.8, 4) is 11.1 Å². The summed E-state index contributed by atoms with van der Waals surface area (Å²) in [4.78, 5) is 0.253. The van der Waals surface area contributed by atoms with Crippen molar-refractivity contribution < 1.29 is 12.9 Å². The van der Waals surface area contributed by atoms with E-state index >= 15 is 0 Å². The third-order valence-electron chi connectivity index (χ3n) is 4.51. The number of sulfonamides is 1. The number of nitrogens with one attached hydrogen (secondary N) is 1. The van der Waals surface area contributed by atoms with Crippen molar-refractivity contribution in [2.75, 3.05) is 4.72 Å². The first-order valence-corrected chi connectivity index (χ1v) is 9.76. The molecule has 3 aromatic rings. The van der Waals surface area contributed by atoms with Gasteiger partial charge in [-0.2, -0.15) is 0 Å². The number of hydrogen-bond acceptors (Lipinski definition) is 4. The quantitative estimate of drug-likeness (QED) is 0.768. The van der Waals surface area contributed by atoms with Gasteiger partial charge in [-0.1, -0.05) is 41.6 Å². The second-order valence-corrected chi connectivity index (χ2v) is 7.86. The normalized spacial score (nSPS) is 14.1. The molecule has 128 valence electrons. The third-order valence-corrected chi connectivity index (χ3v) is 5.84. The highest BCUT2D eigenvalue weighted by atomic mass is 32.2. The van der Waals surface area contributed by atoms with Gasteiger partial charge >= 0.3 is 0 Å². The van der Waals surface area contributed by atoms with Gasteiger partial charge in [0.2, 0.25) is 5.88 Å². The second kappa shape index (κ2) is 6.37. The van der Waals surface area contributed by atoms with Gasteiger partial charge < -0.3 is 4.52 Å². The summed E-state index contributed by atoms with van der Waals surface area (Å²) in [6.45, 7) is 0. The topological polar surface area (TPSA) is 72.2 Å². The lowest BCUT2D eigenvalue weighted by Gasteiger charge is -2.16. The van der Waals surface area contributed by atoms with Crippen LogP contribution >= 0.6 is 0 Å². The summed E-state index contributed by atoms with van der Waals surface area (Å²) in [5, 5.41) is 3.74. The van der Waals surface area contributed by atoms with Crippen molar-refractivity contribution in [2.24, 2.45) is 0 Å².